The van der Waals surface area contributed by atoms with Gasteiger partial charge in [0.25, 0.3) is 0 Å². The van der Waals surface area contributed by atoms with Crippen LogP contribution in [0, 0.1) is 23.7 Å². The van der Waals surface area contributed by atoms with Crippen LogP contribution in [-0.2, 0) is 25.5 Å². The van der Waals surface area contributed by atoms with E-state index in [2.05, 4.69) is 68.6 Å². The van der Waals surface area contributed by atoms with E-state index in [1.54, 1.807) is 6.92 Å². The Balaban J connectivity index is 1.23. The summed E-state index contributed by atoms with van der Waals surface area (Å²) in [5, 5.41) is 0. The predicted molar refractivity (Wildman–Crippen MR) is 188 cm³/mol. The highest BCUT2D eigenvalue weighted by molar-refractivity contribution is 5.88. The number of carbonyl (C=O) groups excluding carboxylic acids is 2. The average molecular weight is 628 g/mol. The summed E-state index contributed by atoms with van der Waals surface area (Å²) in [6, 6.07) is 18.5. The van der Waals surface area contributed by atoms with Gasteiger partial charge in [0.2, 0.25) is 0 Å². The van der Waals surface area contributed by atoms with Gasteiger partial charge in [-0.05, 0) is 129 Å². The lowest BCUT2D eigenvalue weighted by molar-refractivity contribution is -0.143. The van der Waals surface area contributed by atoms with E-state index in [9.17, 15) is 9.59 Å². The molecule has 0 spiro atoms. The van der Waals surface area contributed by atoms with Crippen molar-refractivity contribution < 1.29 is 19.1 Å². The fraction of sp³-hybridized carbons (Fsp3) is 0.561. The van der Waals surface area contributed by atoms with Crippen LogP contribution in [0.1, 0.15) is 108 Å². The van der Waals surface area contributed by atoms with E-state index in [0.717, 1.165) is 24.7 Å². The Morgan fingerprint density at radius 1 is 0.804 bits per heavy atom. The second kappa shape index (κ2) is 18.2. The summed E-state index contributed by atoms with van der Waals surface area (Å²) in [5.41, 5.74) is 11.7. The maximum Gasteiger partial charge on any atom is 0.334 e. The SMILES string of the molecule is C=C(C)C(=O)OCC(CCOC(=O)C(=C)CN)C1CCC(C2CCC(c3ccc(-c4ccc(CCCCC)cc4)cc3)CC2)CC1. The summed E-state index contributed by atoms with van der Waals surface area (Å²) in [6.45, 7) is 12.0. The molecule has 0 aromatic heterocycles. The first-order valence-electron chi connectivity index (χ1n) is 17.9. The van der Waals surface area contributed by atoms with Gasteiger partial charge in [0.1, 0.15) is 0 Å². The van der Waals surface area contributed by atoms with Crippen molar-refractivity contribution >= 4 is 11.9 Å². The molecule has 2 saturated carbocycles. The zero-order valence-electron chi connectivity index (χ0n) is 28.4. The van der Waals surface area contributed by atoms with E-state index < -0.39 is 5.97 Å². The molecule has 250 valence electrons. The second-order valence-electron chi connectivity index (χ2n) is 13.9. The van der Waals surface area contributed by atoms with Gasteiger partial charge in [0, 0.05) is 17.7 Å². The molecule has 4 rings (SSSR count). The molecular formula is C41H57NO4. The number of hydrogen-bond acceptors (Lipinski definition) is 5. The number of esters is 2. The van der Waals surface area contributed by atoms with Gasteiger partial charge in [0.15, 0.2) is 0 Å². The third-order valence-corrected chi connectivity index (χ3v) is 10.7. The molecule has 5 heteroatoms. The first kappa shape index (κ1) is 35.7. The molecule has 2 aliphatic rings. The minimum absolute atomic E-state index is 0.0882. The van der Waals surface area contributed by atoms with Crippen molar-refractivity contribution in [1.82, 2.24) is 0 Å². The third-order valence-electron chi connectivity index (χ3n) is 10.7. The fourth-order valence-electron chi connectivity index (χ4n) is 7.65. The van der Waals surface area contributed by atoms with Crippen molar-refractivity contribution in [3.8, 4) is 11.1 Å². The molecule has 0 amide bonds. The molecule has 1 atom stereocenters. The van der Waals surface area contributed by atoms with Gasteiger partial charge in [0.05, 0.1) is 13.2 Å². The van der Waals surface area contributed by atoms with Crippen LogP contribution < -0.4 is 5.73 Å². The first-order valence-corrected chi connectivity index (χ1v) is 17.9. The molecular weight excluding hydrogens is 570 g/mol. The Morgan fingerprint density at radius 3 is 1.96 bits per heavy atom. The molecule has 0 radical (unpaired) electrons. The molecule has 2 fully saturated rings. The van der Waals surface area contributed by atoms with Gasteiger partial charge in [-0.1, -0.05) is 81.5 Å². The van der Waals surface area contributed by atoms with E-state index in [1.807, 2.05) is 0 Å². The van der Waals surface area contributed by atoms with E-state index in [4.69, 9.17) is 15.2 Å². The van der Waals surface area contributed by atoms with Gasteiger partial charge >= 0.3 is 11.9 Å². The molecule has 2 aromatic carbocycles. The van der Waals surface area contributed by atoms with E-state index in [-0.39, 0.29) is 30.6 Å². The molecule has 2 N–H and O–H groups in total. The van der Waals surface area contributed by atoms with Crippen LogP contribution >= 0.6 is 0 Å². The van der Waals surface area contributed by atoms with Crippen LogP contribution in [0.2, 0.25) is 0 Å². The Bertz CT molecular complexity index is 1260. The number of unbranched alkanes of at least 4 members (excludes halogenated alkanes) is 2. The highest BCUT2D eigenvalue weighted by Crippen LogP contribution is 2.45. The van der Waals surface area contributed by atoms with Crippen molar-refractivity contribution in [2.45, 2.75) is 103 Å². The zero-order chi connectivity index (χ0) is 32.9. The number of carbonyl (C=O) groups is 2. The summed E-state index contributed by atoms with van der Waals surface area (Å²) in [7, 11) is 0. The van der Waals surface area contributed by atoms with Gasteiger partial charge in [-0.25, -0.2) is 9.59 Å². The summed E-state index contributed by atoms with van der Waals surface area (Å²) >= 11 is 0. The van der Waals surface area contributed by atoms with Crippen molar-refractivity contribution in [2.24, 2.45) is 29.4 Å². The zero-order valence-corrected chi connectivity index (χ0v) is 28.4. The smallest absolute Gasteiger partial charge is 0.334 e. The standard InChI is InChI=1S/C41H57NO4/c1-5-6-7-8-31-9-11-32(12-10-31)33-13-15-34(16-14-33)35-17-19-36(20-18-35)37-21-23-38(24-22-37)39(28-46-40(43)29(2)3)25-26-45-41(44)30(4)27-42/h9-16,35-39H,2,4-8,17-28,42H2,1,3H3. The molecule has 0 bridgehead atoms. The maximum absolute atomic E-state index is 12.1. The minimum atomic E-state index is -0.446. The number of rotatable bonds is 16. The summed E-state index contributed by atoms with van der Waals surface area (Å²) < 4.78 is 11.0. The van der Waals surface area contributed by atoms with Crippen LogP contribution in [0.5, 0.6) is 0 Å². The Labute approximate surface area is 278 Å². The third kappa shape index (κ3) is 10.4. The van der Waals surface area contributed by atoms with E-state index in [0.29, 0.717) is 30.4 Å². The fourth-order valence-corrected chi connectivity index (χ4v) is 7.65. The monoisotopic (exact) mass is 627 g/mol. The van der Waals surface area contributed by atoms with E-state index >= 15 is 0 Å². The van der Waals surface area contributed by atoms with Crippen molar-refractivity contribution in [1.29, 1.82) is 0 Å². The van der Waals surface area contributed by atoms with Gasteiger partial charge in [-0.2, -0.15) is 0 Å². The van der Waals surface area contributed by atoms with Crippen LogP contribution in [0.4, 0.5) is 0 Å². The lowest BCUT2D eigenvalue weighted by Crippen LogP contribution is -2.31. The first-order chi connectivity index (χ1) is 22.3. The van der Waals surface area contributed by atoms with Crippen LogP contribution in [-0.4, -0.2) is 31.7 Å². The largest absolute Gasteiger partial charge is 0.462 e. The normalized spacial score (nSPS) is 22.1. The van der Waals surface area contributed by atoms with Gasteiger partial charge < -0.3 is 15.2 Å². The molecule has 46 heavy (non-hydrogen) atoms. The average Bonchev–Trinajstić information content (AvgIpc) is 3.09. The topological polar surface area (TPSA) is 78.6 Å². The molecule has 2 aromatic rings. The highest BCUT2D eigenvalue weighted by Gasteiger charge is 2.34. The predicted octanol–water partition coefficient (Wildman–Crippen LogP) is 9.35. The lowest BCUT2D eigenvalue weighted by atomic mass is 9.66. The molecule has 2 aliphatic carbocycles. The Kier molecular flexibility index (Phi) is 14.1. The lowest BCUT2D eigenvalue weighted by Gasteiger charge is -2.39. The van der Waals surface area contributed by atoms with Crippen molar-refractivity contribution in [3.63, 3.8) is 0 Å². The minimum Gasteiger partial charge on any atom is -0.462 e. The highest BCUT2D eigenvalue weighted by atomic mass is 16.5. The Hall–Kier alpha value is -3.18. The molecule has 0 heterocycles. The Morgan fingerprint density at radius 2 is 1.39 bits per heavy atom. The van der Waals surface area contributed by atoms with E-state index in [1.165, 1.54) is 86.5 Å². The summed E-state index contributed by atoms with van der Waals surface area (Å²) in [6.07, 6.45) is 15.6. The number of hydrogen-bond donors (Lipinski definition) is 1. The van der Waals surface area contributed by atoms with Crippen molar-refractivity contribution in [2.75, 3.05) is 19.8 Å². The summed E-state index contributed by atoms with van der Waals surface area (Å²) in [4.78, 5) is 24.2. The number of ether oxygens (including phenoxy) is 2. The molecule has 0 saturated heterocycles. The summed E-state index contributed by atoms with van der Waals surface area (Å²) in [5.74, 6) is 2.05. The second-order valence-corrected chi connectivity index (χ2v) is 13.9. The molecule has 0 aliphatic heterocycles. The van der Waals surface area contributed by atoms with Crippen molar-refractivity contribution in [3.05, 3.63) is 84.0 Å². The molecule has 1 unspecified atom stereocenters. The molecule has 5 nitrogen and oxygen atoms in total. The number of aryl methyl sites for hydroxylation is 1. The quantitative estimate of drug-likeness (QED) is 0.114. The van der Waals surface area contributed by atoms with Crippen LogP contribution in [0.15, 0.2) is 72.8 Å². The number of nitrogens with two attached hydrogens (primary N) is 1. The van der Waals surface area contributed by atoms with Gasteiger partial charge in [-0.15, -0.1) is 0 Å². The van der Waals surface area contributed by atoms with Crippen LogP contribution in [0.25, 0.3) is 11.1 Å². The maximum atomic E-state index is 12.1. The van der Waals surface area contributed by atoms with Gasteiger partial charge in [-0.3, -0.25) is 0 Å². The van der Waals surface area contributed by atoms with Crippen LogP contribution in [0.3, 0.4) is 0 Å². The number of benzene rings is 2.